The molecule has 0 aliphatic rings. The highest BCUT2D eigenvalue weighted by Gasteiger charge is 2.16. The summed E-state index contributed by atoms with van der Waals surface area (Å²) in [7, 11) is -3.51. The molecule has 0 aromatic heterocycles. The Bertz CT molecular complexity index is 588. The Hall–Kier alpha value is -1.15. The Labute approximate surface area is 144 Å². The summed E-state index contributed by atoms with van der Waals surface area (Å²) >= 11 is 0. The third-order valence-electron chi connectivity index (χ3n) is 2.92. The van der Waals surface area contributed by atoms with Crippen LogP contribution in [0.5, 0.6) is 0 Å². The molecule has 0 fully saturated rings. The van der Waals surface area contributed by atoms with Crippen molar-refractivity contribution in [3.05, 3.63) is 24.3 Å². The second kappa shape index (κ2) is 9.87. The number of nitrogens with one attached hydrogen (secondary N) is 3. The molecule has 1 rings (SSSR count). The molecule has 132 valence electrons. The lowest BCUT2D eigenvalue weighted by Gasteiger charge is -2.14. The smallest absolute Gasteiger partial charge is 0.241 e. The SMILES string of the molecule is CCCNC(C)C(=O)Nc1ccc(S(=O)(=O)NC(C)C)cc1.Cl. The Morgan fingerprint density at radius 3 is 2.17 bits per heavy atom. The van der Waals surface area contributed by atoms with Crippen LogP contribution in [0, 0.1) is 0 Å². The van der Waals surface area contributed by atoms with Crippen LogP contribution in [0.1, 0.15) is 34.1 Å². The zero-order chi connectivity index (χ0) is 16.8. The van der Waals surface area contributed by atoms with Crippen molar-refractivity contribution in [2.24, 2.45) is 0 Å². The zero-order valence-electron chi connectivity index (χ0n) is 13.9. The van der Waals surface area contributed by atoms with E-state index in [1.165, 1.54) is 12.1 Å². The number of amides is 1. The molecule has 1 aromatic rings. The molecule has 0 spiro atoms. The maximum absolute atomic E-state index is 12.0. The van der Waals surface area contributed by atoms with Crippen LogP contribution in [0.2, 0.25) is 0 Å². The topological polar surface area (TPSA) is 87.3 Å². The van der Waals surface area contributed by atoms with Crippen LogP contribution >= 0.6 is 12.4 Å². The summed E-state index contributed by atoms with van der Waals surface area (Å²) in [4.78, 5) is 12.1. The molecular formula is C15H26ClN3O3S. The third kappa shape index (κ3) is 7.30. The minimum absolute atomic E-state index is 0. The highest BCUT2D eigenvalue weighted by molar-refractivity contribution is 7.89. The molecule has 1 aromatic carbocycles. The molecule has 1 unspecified atom stereocenters. The van der Waals surface area contributed by atoms with E-state index in [0.29, 0.717) is 5.69 Å². The number of anilines is 1. The van der Waals surface area contributed by atoms with E-state index in [-0.39, 0.29) is 35.3 Å². The summed E-state index contributed by atoms with van der Waals surface area (Å²) in [5.41, 5.74) is 0.568. The fourth-order valence-electron chi connectivity index (χ4n) is 1.80. The highest BCUT2D eigenvalue weighted by atomic mass is 35.5. The van der Waals surface area contributed by atoms with Gasteiger partial charge < -0.3 is 10.6 Å². The number of hydrogen-bond donors (Lipinski definition) is 3. The quantitative estimate of drug-likeness (QED) is 0.660. The molecular weight excluding hydrogens is 338 g/mol. The van der Waals surface area contributed by atoms with Crippen LogP contribution in [-0.2, 0) is 14.8 Å². The average Bonchev–Trinajstić information content (AvgIpc) is 2.43. The van der Waals surface area contributed by atoms with E-state index >= 15 is 0 Å². The molecule has 1 amide bonds. The summed E-state index contributed by atoms with van der Waals surface area (Å²) in [5, 5.41) is 5.84. The van der Waals surface area contributed by atoms with Crippen LogP contribution in [0.25, 0.3) is 0 Å². The van der Waals surface area contributed by atoms with Crippen molar-refractivity contribution in [2.75, 3.05) is 11.9 Å². The molecule has 3 N–H and O–H groups in total. The van der Waals surface area contributed by atoms with Crippen molar-refractivity contribution in [3.8, 4) is 0 Å². The monoisotopic (exact) mass is 363 g/mol. The normalized spacial score (nSPS) is 12.6. The van der Waals surface area contributed by atoms with Gasteiger partial charge in [-0.1, -0.05) is 6.92 Å². The van der Waals surface area contributed by atoms with Gasteiger partial charge in [-0.15, -0.1) is 12.4 Å². The first-order valence-corrected chi connectivity index (χ1v) is 8.91. The Morgan fingerprint density at radius 1 is 1.13 bits per heavy atom. The molecule has 0 saturated carbocycles. The molecule has 23 heavy (non-hydrogen) atoms. The van der Waals surface area contributed by atoms with Gasteiger partial charge in [-0.2, -0.15) is 0 Å². The van der Waals surface area contributed by atoms with Gasteiger partial charge >= 0.3 is 0 Å². The number of halogens is 1. The van der Waals surface area contributed by atoms with Crippen molar-refractivity contribution in [1.29, 1.82) is 0 Å². The summed E-state index contributed by atoms with van der Waals surface area (Å²) < 4.78 is 26.5. The number of rotatable bonds is 8. The van der Waals surface area contributed by atoms with Crippen LogP contribution in [0.3, 0.4) is 0 Å². The molecule has 0 bridgehead atoms. The van der Waals surface area contributed by atoms with Gasteiger partial charge in [0.2, 0.25) is 15.9 Å². The van der Waals surface area contributed by atoms with Gasteiger partial charge in [0.05, 0.1) is 10.9 Å². The van der Waals surface area contributed by atoms with Crippen molar-refractivity contribution in [2.45, 2.75) is 51.1 Å². The number of benzene rings is 1. The van der Waals surface area contributed by atoms with E-state index in [1.807, 2.05) is 6.92 Å². The Morgan fingerprint density at radius 2 is 1.70 bits per heavy atom. The summed E-state index contributed by atoms with van der Waals surface area (Å²) in [6.45, 7) is 8.11. The molecule has 0 aliphatic heterocycles. The molecule has 6 nitrogen and oxygen atoms in total. The van der Waals surface area contributed by atoms with Crippen LogP contribution < -0.4 is 15.4 Å². The van der Waals surface area contributed by atoms with Crippen molar-refractivity contribution < 1.29 is 13.2 Å². The minimum Gasteiger partial charge on any atom is -0.325 e. The van der Waals surface area contributed by atoms with Gasteiger partial charge in [0.25, 0.3) is 0 Å². The predicted molar refractivity (Wildman–Crippen MR) is 95.5 cm³/mol. The molecule has 8 heteroatoms. The van der Waals surface area contributed by atoms with Gasteiger partial charge in [-0.25, -0.2) is 13.1 Å². The average molecular weight is 364 g/mol. The fraction of sp³-hybridized carbons (Fsp3) is 0.533. The largest absolute Gasteiger partial charge is 0.325 e. The van der Waals surface area contributed by atoms with Gasteiger partial charge in [-0.3, -0.25) is 4.79 Å². The number of carbonyl (C=O) groups excluding carboxylic acids is 1. The lowest BCUT2D eigenvalue weighted by atomic mass is 10.2. The van der Waals surface area contributed by atoms with Gasteiger partial charge in [-0.05, 0) is 58.0 Å². The summed E-state index contributed by atoms with van der Waals surface area (Å²) in [5.74, 6) is -0.149. The molecule has 0 saturated heterocycles. The highest BCUT2D eigenvalue weighted by Crippen LogP contribution is 2.14. The van der Waals surface area contributed by atoms with E-state index in [1.54, 1.807) is 32.9 Å². The minimum atomic E-state index is -3.51. The zero-order valence-corrected chi connectivity index (χ0v) is 15.6. The predicted octanol–water partition coefficient (Wildman–Crippen LogP) is 2.12. The Balaban J connectivity index is 0.00000484. The second-order valence-electron chi connectivity index (χ2n) is 5.47. The Kier molecular flexibility index (Phi) is 9.38. The first kappa shape index (κ1) is 21.9. The lowest BCUT2D eigenvalue weighted by Crippen LogP contribution is -2.38. The van der Waals surface area contributed by atoms with E-state index in [2.05, 4.69) is 15.4 Å². The van der Waals surface area contributed by atoms with E-state index in [4.69, 9.17) is 0 Å². The third-order valence-corrected chi connectivity index (χ3v) is 4.59. The maximum Gasteiger partial charge on any atom is 0.241 e. The lowest BCUT2D eigenvalue weighted by molar-refractivity contribution is -0.117. The standard InChI is InChI=1S/C15H25N3O3S.ClH/c1-5-10-16-12(4)15(19)17-13-6-8-14(9-7-13)22(20,21)18-11(2)3;/h6-9,11-12,16,18H,5,10H2,1-4H3,(H,17,19);1H. The number of hydrogen-bond acceptors (Lipinski definition) is 4. The molecule has 0 heterocycles. The van der Waals surface area contributed by atoms with E-state index < -0.39 is 10.0 Å². The van der Waals surface area contributed by atoms with Gasteiger partial charge in [0.1, 0.15) is 0 Å². The number of sulfonamides is 1. The summed E-state index contributed by atoms with van der Waals surface area (Å²) in [6, 6.07) is 5.65. The van der Waals surface area contributed by atoms with Crippen LogP contribution in [-0.4, -0.2) is 33.0 Å². The first-order valence-electron chi connectivity index (χ1n) is 7.43. The second-order valence-corrected chi connectivity index (χ2v) is 7.18. The van der Waals surface area contributed by atoms with Crippen molar-refractivity contribution >= 4 is 34.0 Å². The fourth-order valence-corrected chi connectivity index (χ4v) is 3.05. The van der Waals surface area contributed by atoms with Crippen molar-refractivity contribution in [3.63, 3.8) is 0 Å². The van der Waals surface area contributed by atoms with Gasteiger partial charge in [0, 0.05) is 11.7 Å². The molecule has 0 aliphatic carbocycles. The summed E-state index contributed by atoms with van der Waals surface area (Å²) in [6.07, 6.45) is 0.951. The number of carbonyl (C=O) groups is 1. The van der Waals surface area contributed by atoms with Crippen molar-refractivity contribution in [1.82, 2.24) is 10.0 Å². The van der Waals surface area contributed by atoms with Crippen LogP contribution in [0.15, 0.2) is 29.2 Å². The first-order chi connectivity index (χ1) is 10.3. The molecule has 0 radical (unpaired) electrons. The maximum atomic E-state index is 12.0. The van der Waals surface area contributed by atoms with E-state index in [9.17, 15) is 13.2 Å². The van der Waals surface area contributed by atoms with Crippen LogP contribution in [0.4, 0.5) is 5.69 Å². The molecule has 1 atom stereocenters. The van der Waals surface area contributed by atoms with Gasteiger partial charge in [0.15, 0.2) is 0 Å². The van der Waals surface area contributed by atoms with E-state index in [0.717, 1.165) is 13.0 Å².